The van der Waals surface area contributed by atoms with E-state index in [1.807, 2.05) is 24.5 Å². The number of nitrogens with one attached hydrogen (secondary N) is 1. The van der Waals surface area contributed by atoms with Gasteiger partial charge >= 0.3 is 0 Å². The molecule has 1 saturated heterocycles. The third-order valence-electron chi connectivity index (χ3n) is 3.61. The van der Waals surface area contributed by atoms with E-state index in [-0.39, 0.29) is 0 Å². The van der Waals surface area contributed by atoms with Gasteiger partial charge in [0.2, 0.25) is 0 Å². The quantitative estimate of drug-likeness (QED) is 0.944. The first-order chi connectivity index (χ1) is 9.22. The van der Waals surface area contributed by atoms with E-state index in [9.17, 15) is 0 Å². The lowest BCUT2D eigenvalue weighted by Crippen LogP contribution is -2.19. The van der Waals surface area contributed by atoms with Gasteiger partial charge in [-0.05, 0) is 54.0 Å². The van der Waals surface area contributed by atoms with Gasteiger partial charge < -0.3 is 10.2 Å². The molecule has 0 bridgehead atoms. The number of aromatic nitrogens is 2. The fraction of sp³-hybridized carbons (Fsp3) is 0.429. The van der Waals surface area contributed by atoms with Gasteiger partial charge in [-0.3, -0.25) is 9.97 Å². The molecular formula is C14H17BrN4. The van der Waals surface area contributed by atoms with Crippen LogP contribution in [-0.2, 0) is 0 Å². The number of fused-ring (bicyclic) bond motifs is 1. The molecule has 3 heterocycles. The largest absolute Gasteiger partial charge is 0.383 e. The number of anilines is 1. The summed E-state index contributed by atoms with van der Waals surface area (Å²) in [4.78, 5) is 11.2. The van der Waals surface area contributed by atoms with Crippen molar-refractivity contribution in [2.45, 2.75) is 6.42 Å². The molecule has 1 unspecified atom stereocenters. The fourth-order valence-corrected chi connectivity index (χ4v) is 2.91. The summed E-state index contributed by atoms with van der Waals surface area (Å²) in [5.74, 6) is 0.726. The first-order valence-electron chi connectivity index (χ1n) is 6.55. The predicted molar refractivity (Wildman–Crippen MR) is 81.3 cm³/mol. The third-order valence-corrected chi connectivity index (χ3v) is 4.05. The second-order valence-corrected chi connectivity index (χ2v) is 6.09. The molecule has 0 spiro atoms. The second-order valence-electron chi connectivity index (χ2n) is 5.18. The van der Waals surface area contributed by atoms with E-state index in [4.69, 9.17) is 0 Å². The molecule has 0 aromatic carbocycles. The maximum Gasteiger partial charge on any atom is 0.112 e. The van der Waals surface area contributed by atoms with Crippen molar-refractivity contribution in [2.75, 3.05) is 32.0 Å². The Bertz CT molecular complexity index is 587. The lowest BCUT2D eigenvalue weighted by molar-refractivity contribution is 0.399. The number of halogens is 1. The lowest BCUT2D eigenvalue weighted by Gasteiger charge is -2.13. The number of likely N-dealkylation sites (tertiary alicyclic amines) is 1. The summed E-state index contributed by atoms with van der Waals surface area (Å²) in [7, 11) is 2.18. The lowest BCUT2D eigenvalue weighted by atomic mass is 10.1. The molecule has 2 aromatic heterocycles. The van der Waals surface area contributed by atoms with Gasteiger partial charge in [0.15, 0.2) is 0 Å². The topological polar surface area (TPSA) is 41.0 Å². The van der Waals surface area contributed by atoms with Gasteiger partial charge in [-0.2, -0.15) is 0 Å². The number of nitrogens with zero attached hydrogens (tertiary/aromatic N) is 3. The molecule has 1 aliphatic heterocycles. The van der Waals surface area contributed by atoms with E-state index in [1.165, 1.54) is 19.5 Å². The Hall–Kier alpha value is -1.20. The maximum atomic E-state index is 4.46. The minimum Gasteiger partial charge on any atom is -0.383 e. The van der Waals surface area contributed by atoms with Crippen molar-refractivity contribution in [1.82, 2.24) is 14.9 Å². The molecular weight excluding hydrogens is 304 g/mol. The Labute approximate surface area is 121 Å². The van der Waals surface area contributed by atoms with Crippen LogP contribution in [0.15, 0.2) is 29.0 Å². The zero-order valence-corrected chi connectivity index (χ0v) is 12.5. The van der Waals surface area contributed by atoms with E-state index >= 15 is 0 Å². The number of pyridine rings is 2. The summed E-state index contributed by atoms with van der Waals surface area (Å²) in [6.07, 6.45) is 4.92. The van der Waals surface area contributed by atoms with Crippen LogP contribution in [0, 0.1) is 5.92 Å². The van der Waals surface area contributed by atoms with Crippen molar-refractivity contribution < 1.29 is 0 Å². The Morgan fingerprint density at radius 1 is 1.47 bits per heavy atom. The summed E-state index contributed by atoms with van der Waals surface area (Å²) in [6, 6.07) is 4.00. The molecule has 0 amide bonds. The van der Waals surface area contributed by atoms with Crippen molar-refractivity contribution in [2.24, 2.45) is 5.92 Å². The van der Waals surface area contributed by atoms with E-state index < -0.39 is 0 Å². The summed E-state index contributed by atoms with van der Waals surface area (Å²) in [5, 5.41) is 3.53. The minimum absolute atomic E-state index is 0.726. The van der Waals surface area contributed by atoms with Gasteiger partial charge in [0.1, 0.15) is 5.52 Å². The van der Waals surface area contributed by atoms with Gasteiger partial charge in [-0.15, -0.1) is 0 Å². The van der Waals surface area contributed by atoms with Crippen LogP contribution >= 0.6 is 15.9 Å². The zero-order chi connectivity index (χ0) is 13.2. The van der Waals surface area contributed by atoms with Crippen LogP contribution in [0.4, 0.5) is 5.69 Å². The number of hydrogen-bond donors (Lipinski definition) is 1. The van der Waals surface area contributed by atoms with Gasteiger partial charge in [-0.25, -0.2) is 0 Å². The summed E-state index contributed by atoms with van der Waals surface area (Å²) < 4.78 is 0.960. The van der Waals surface area contributed by atoms with Crippen LogP contribution in [0.2, 0.25) is 0 Å². The highest BCUT2D eigenvalue weighted by Crippen LogP contribution is 2.23. The second kappa shape index (κ2) is 5.43. The fourth-order valence-electron chi connectivity index (χ4n) is 2.60. The molecule has 0 radical (unpaired) electrons. The number of rotatable bonds is 3. The van der Waals surface area contributed by atoms with Crippen LogP contribution in [-0.4, -0.2) is 41.5 Å². The molecule has 4 nitrogen and oxygen atoms in total. The van der Waals surface area contributed by atoms with Gasteiger partial charge in [0, 0.05) is 30.0 Å². The van der Waals surface area contributed by atoms with Crippen molar-refractivity contribution in [1.29, 1.82) is 0 Å². The highest BCUT2D eigenvalue weighted by molar-refractivity contribution is 9.10. The summed E-state index contributed by atoms with van der Waals surface area (Å²) >= 11 is 3.43. The average molecular weight is 321 g/mol. The highest BCUT2D eigenvalue weighted by Gasteiger charge is 2.19. The molecule has 100 valence electrons. The molecule has 0 aliphatic carbocycles. The monoisotopic (exact) mass is 320 g/mol. The van der Waals surface area contributed by atoms with Crippen LogP contribution < -0.4 is 5.32 Å². The van der Waals surface area contributed by atoms with E-state index in [0.717, 1.165) is 33.7 Å². The highest BCUT2D eigenvalue weighted by atomic mass is 79.9. The minimum atomic E-state index is 0.726. The van der Waals surface area contributed by atoms with E-state index in [2.05, 4.69) is 43.2 Å². The molecule has 1 aliphatic rings. The molecule has 19 heavy (non-hydrogen) atoms. The SMILES string of the molecule is CN1CCC(CNc2ccnc3cc(Br)cnc23)C1. The van der Waals surface area contributed by atoms with Crippen LogP contribution in [0.25, 0.3) is 11.0 Å². The van der Waals surface area contributed by atoms with Crippen molar-refractivity contribution >= 4 is 32.7 Å². The van der Waals surface area contributed by atoms with E-state index in [0.29, 0.717) is 0 Å². The van der Waals surface area contributed by atoms with Crippen LogP contribution in [0.3, 0.4) is 0 Å². The molecule has 3 rings (SSSR count). The first-order valence-corrected chi connectivity index (χ1v) is 7.34. The molecule has 1 atom stereocenters. The molecule has 0 saturated carbocycles. The molecule has 1 fully saturated rings. The molecule has 1 N–H and O–H groups in total. The average Bonchev–Trinajstić information content (AvgIpc) is 2.81. The summed E-state index contributed by atoms with van der Waals surface area (Å²) in [6.45, 7) is 3.38. The Balaban J connectivity index is 1.77. The van der Waals surface area contributed by atoms with Gasteiger partial charge in [0.05, 0.1) is 11.2 Å². The van der Waals surface area contributed by atoms with Crippen molar-refractivity contribution in [3.8, 4) is 0 Å². The first kappa shape index (κ1) is 12.8. The Morgan fingerprint density at radius 2 is 2.37 bits per heavy atom. The van der Waals surface area contributed by atoms with Crippen LogP contribution in [0.5, 0.6) is 0 Å². The van der Waals surface area contributed by atoms with Gasteiger partial charge in [0.25, 0.3) is 0 Å². The maximum absolute atomic E-state index is 4.46. The molecule has 5 heteroatoms. The van der Waals surface area contributed by atoms with Crippen molar-refractivity contribution in [3.05, 3.63) is 29.0 Å². The normalized spacial score (nSPS) is 20.0. The predicted octanol–water partition coefficient (Wildman–Crippen LogP) is 2.76. The standard InChI is InChI=1S/C14H17BrN4/c1-19-5-3-10(9-19)7-17-12-2-4-16-13-6-11(15)8-18-14(12)13/h2,4,6,8,10H,3,5,7,9H2,1H3,(H,16,17). The Morgan fingerprint density at radius 3 is 3.16 bits per heavy atom. The smallest absolute Gasteiger partial charge is 0.112 e. The third kappa shape index (κ3) is 2.87. The van der Waals surface area contributed by atoms with Crippen molar-refractivity contribution in [3.63, 3.8) is 0 Å². The number of hydrogen-bond acceptors (Lipinski definition) is 4. The Kier molecular flexibility index (Phi) is 3.66. The van der Waals surface area contributed by atoms with E-state index in [1.54, 1.807) is 0 Å². The summed E-state index contributed by atoms with van der Waals surface area (Å²) in [5.41, 5.74) is 2.94. The van der Waals surface area contributed by atoms with Gasteiger partial charge in [-0.1, -0.05) is 0 Å². The molecule has 2 aromatic rings. The van der Waals surface area contributed by atoms with Crippen LogP contribution in [0.1, 0.15) is 6.42 Å². The zero-order valence-electron chi connectivity index (χ0n) is 10.9.